The van der Waals surface area contributed by atoms with Crippen molar-refractivity contribution in [1.29, 1.82) is 0 Å². The monoisotopic (exact) mass is 393 g/mol. The van der Waals surface area contributed by atoms with E-state index < -0.39 is 12.1 Å². The summed E-state index contributed by atoms with van der Waals surface area (Å²) in [5.74, 6) is -0.787. The molecule has 0 heterocycles. The van der Waals surface area contributed by atoms with Gasteiger partial charge < -0.3 is 15.2 Å². The van der Waals surface area contributed by atoms with Crippen molar-refractivity contribution < 1.29 is 19.4 Å². The first-order valence-corrected chi connectivity index (χ1v) is 10.1. The van der Waals surface area contributed by atoms with Crippen LogP contribution in [0.25, 0.3) is 11.6 Å². The molecule has 1 amide bonds. The number of hydrogen-bond acceptors (Lipinski definition) is 3. The second kappa shape index (κ2) is 9.92. The first-order chi connectivity index (χ1) is 14.0. The number of aliphatic carboxylic acids is 1. The van der Waals surface area contributed by atoms with E-state index in [1.807, 2.05) is 36.4 Å². The van der Waals surface area contributed by atoms with Crippen molar-refractivity contribution in [3.63, 3.8) is 0 Å². The molecule has 1 atom stereocenters. The highest BCUT2D eigenvalue weighted by Gasteiger charge is 2.23. The third-order valence-electron chi connectivity index (χ3n) is 5.15. The van der Waals surface area contributed by atoms with Crippen LogP contribution in [-0.4, -0.2) is 23.7 Å². The quantitative estimate of drug-likeness (QED) is 0.633. The van der Waals surface area contributed by atoms with Gasteiger partial charge in [0.2, 0.25) is 0 Å². The van der Waals surface area contributed by atoms with Crippen molar-refractivity contribution in [1.82, 2.24) is 5.32 Å². The van der Waals surface area contributed by atoms with Crippen molar-refractivity contribution >= 4 is 23.7 Å². The van der Waals surface area contributed by atoms with E-state index in [0.29, 0.717) is 19.4 Å². The summed E-state index contributed by atoms with van der Waals surface area (Å²) in [6, 6.07) is 16.2. The maximum absolute atomic E-state index is 12.4. The Morgan fingerprint density at radius 1 is 1.07 bits per heavy atom. The molecule has 152 valence electrons. The molecule has 0 bridgehead atoms. The van der Waals surface area contributed by atoms with Crippen LogP contribution >= 0.6 is 0 Å². The maximum Gasteiger partial charge on any atom is 0.407 e. The molecule has 2 aromatic rings. The standard InChI is InChI=1S/C24H27NO4/c1-17-15-18-9-5-7-12-21(18)22(16-19-10-4-6-11-20(17)19)29-24(28)25-14-8-2-3-13-23(26)27/h4-7,9-12,15,22H,2-3,8,13-14,16H2,1H3,(H,25,28)(H,26,27)/b17-15-. The van der Waals surface area contributed by atoms with Crippen LogP contribution in [0, 0.1) is 0 Å². The normalized spacial score (nSPS) is 17.0. The van der Waals surface area contributed by atoms with E-state index in [4.69, 9.17) is 9.84 Å². The molecular formula is C24H27NO4. The van der Waals surface area contributed by atoms with Gasteiger partial charge in [0.25, 0.3) is 0 Å². The van der Waals surface area contributed by atoms with E-state index in [1.165, 1.54) is 11.1 Å². The maximum atomic E-state index is 12.4. The number of benzene rings is 2. The number of amides is 1. The van der Waals surface area contributed by atoms with Gasteiger partial charge in [-0.1, -0.05) is 61.0 Å². The average Bonchev–Trinajstić information content (AvgIpc) is 2.69. The van der Waals surface area contributed by atoms with E-state index in [-0.39, 0.29) is 12.5 Å². The number of allylic oxidation sites excluding steroid dienone is 1. The van der Waals surface area contributed by atoms with Crippen LogP contribution in [0.15, 0.2) is 48.5 Å². The molecule has 0 saturated heterocycles. The molecule has 29 heavy (non-hydrogen) atoms. The predicted octanol–water partition coefficient (Wildman–Crippen LogP) is 5.22. The average molecular weight is 393 g/mol. The van der Waals surface area contributed by atoms with Gasteiger partial charge in [0.1, 0.15) is 6.10 Å². The van der Waals surface area contributed by atoms with Crippen LogP contribution in [0.3, 0.4) is 0 Å². The summed E-state index contributed by atoms with van der Waals surface area (Å²) in [6.07, 6.45) is 4.21. The molecule has 5 heteroatoms. The van der Waals surface area contributed by atoms with Crippen LogP contribution in [0.5, 0.6) is 0 Å². The fraction of sp³-hybridized carbons (Fsp3) is 0.333. The minimum Gasteiger partial charge on any atom is -0.481 e. The van der Waals surface area contributed by atoms with Gasteiger partial charge in [-0.25, -0.2) is 4.79 Å². The number of hydrogen-bond donors (Lipinski definition) is 2. The van der Waals surface area contributed by atoms with E-state index in [2.05, 4.69) is 30.4 Å². The van der Waals surface area contributed by atoms with Gasteiger partial charge >= 0.3 is 12.1 Å². The highest BCUT2D eigenvalue weighted by Crippen LogP contribution is 2.34. The number of ether oxygens (including phenoxy) is 1. The summed E-state index contributed by atoms with van der Waals surface area (Å²) in [6.45, 7) is 2.58. The molecule has 1 unspecified atom stereocenters. The van der Waals surface area contributed by atoms with Crippen LogP contribution < -0.4 is 5.32 Å². The topological polar surface area (TPSA) is 75.6 Å². The van der Waals surface area contributed by atoms with Crippen LogP contribution in [0.2, 0.25) is 0 Å². The first-order valence-electron chi connectivity index (χ1n) is 10.1. The van der Waals surface area contributed by atoms with Gasteiger partial charge in [-0.05, 0) is 42.0 Å². The zero-order valence-corrected chi connectivity index (χ0v) is 16.7. The molecule has 5 nitrogen and oxygen atoms in total. The summed E-state index contributed by atoms with van der Waals surface area (Å²) < 4.78 is 5.82. The Bertz CT molecular complexity index is 903. The lowest BCUT2D eigenvalue weighted by Crippen LogP contribution is -2.28. The summed E-state index contributed by atoms with van der Waals surface area (Å²) in [7, 11) is 0. The molecule has 2 N–H and O–H groups in total. The zero-order valence-electron chi connectivity index (χ0n) is 16.7. The minimum atomic E-state index is -0.787. The van der Waals surface area contributed by atoms with Gasteiger partial charge in [0.15, 0.2) is 0 Å². The number of carbonyl (C=O) groups is 2. The SMILES string of the molecule is C/C1=C/c2ccccc2C(OC(=O)NCCCCCC(=O)O)Cc2ccccc21. The lowest BCUT2D eigenvalue weighted by Gasteiger charge is -2.24. The Hall–Kier alpha value is -3.08. The molecule has 3 rings (SSSR count). The third kappa shape index (κ3) is 5.70. The van der Waals surface area contributed by atoms with Gasteiger partial charge in [-0.15, -0.1) is 0 Å². The minimum absolute atomic E-state index is 0.162. The number of carboxylic acids is 1. The smallest absolute Gasteiger partial charge is 0.407 e. The Kier molecular flexibility index (Phi) is 7.06. The van der Waals surface area contributed by atoms with Crippen molar-refractivity contribution in [2.24, 2.45) is 0 Å². The Balaban J connectivity index is 1.68. The number of unbranched alkanes of at least 4 members (excludes halogenated alkanes) is 2. The predicted molar refractivity (Wildman–Crippen MR) is 113 cm³/mol. The zero-order chi connectivity index (χ0) is 20.6. The molecule has 1 aliphatic rings. The van der Waals surface area contributed by atoms with Crippen LogP contribution in [-0.2, 0) is 16.0 Å². The molecule has 1 aliphatic carbocycles. The van der Waals surface area contributed by atoms with E-state index in [1.54, 1.807) is 0 Å². The third-order valence-corrected chi connectivity index (χ3v) is 5.15. The molecule has 0 aromatic heterocycles. The van der Waals surface area contributed by atoms with Gasteiger partial charge in [-0.2, -0.15) is 0 Å². The second-order valence-electron chi connectivity index (χ2n) is 7.34. The van der Waals surface area contributed by atoms with Crippen molar-refractivity contribution in [3.05, 3.63) is 70.8 Å². The summed E-state index contributed by atoms with van der Waals surface area (Å²) in [5, 5.41) is 11.4. The number of rotatable bonds is 7. The molecule has 2 aromatic carbocycles. The number of carbonyl (C=O) groups excluding carboxylic acids is 1. The highest BCUT2D eigenvalue weighted by molar-refractivity contribution is 5.83. The largest absolute Gasteiger partial charge is 0.481 e. The van der Waals surface area contributed by atoms with Gasteiger partial charge in [0, 0.05) is 24.9 Å². The van der Waals surface area contributed by atoms with Gasteiger partial charge in [-0.3, -0.25) is 4.79 Å². The number of carboxylic acid groups (broad SMARTS) is 1. The van der Waals surface area contributed by atoms with Crippen molar-refractivity contribution in [3.8, 4) is 0 Å². The number of alkyl carbamates (subject to hydrolysis) is 1. The second-order valence-corrected chi connectivity index (χ2v) is 7.34. The van der Waals surface area contributed by atoms with Crippen molar-refractivity contribution in [2.45, 2.75) is 45.1 Å². The molecule has 0 spiro atoms. The Labute approximate surface area is 171 Å². The summed E-state index contributed by atoms with van der Waals surface area (Å²) in [4.78, 5) is 22.9. The molecule has 0 saturated carbocycles. The first kappa shape index (κ1) is 20.6. The van der Waals surface area contributed by atoms with E-state index in [9.17, 15) is 9.59 Å². The molecular weight excluding hydrogens is 366 g/mol. The molecule has 0 radical (unpaired) electrons. The fourth-order valence-electron chi connectivity index (χ4n) is 3.68. The summed E-state index contributed by atoms with van der Waals surface area (Å²) >= 11 is 0. The van der Waals surface area contributed by atoms with Crippen LogP contribution in [0.4, 0.5) is 4.79 Å². The highest BCUT2D eigenvalue weighted by atomic mass is 16.6. The Morgan fingerprint density at radius 3 is 2.66 bits per heavy atom. The summed E-state index contributed by atoms with van der Waals surface area (Å²) in [5.41, 5.74) is 5.58. The fourth-order valence-corrected chi connectivity index (χ4v) is 3.68. The van der Waals surface area contributed by atoms with E-state index in [0.717, 1.165) is 29.5 Å². The Morgan fingerprint density at radius 2 is 1.83 bits per heavy atom. The lowest BCUT2D eigenvalue weighted by atomic mass is 9.88. The molecule has 0 fully saturated rings. The van der Waals surface area contributed by atoms with E-state index >= 15 is 0 Å². The number of nitrogens with one attached hydrogen (secondary N) is 1. The lowest BCUT2D eigenvalue weighted by molar-refractivity contribution is -0.137. The van der Waals surface area contributed by atoms with Gasteiger partial charge in [0.05, 0.1) is 0 Å². The van der Waals surface area contributed by atoms with Crippen molar-refractivity contribution in [2.75, 3.05) is 6.54 Å². The van der Waals surface area contributed by atoms with Crippen LogP contribution in [0.1, 0.15) is 61.0 Å². The molecule has 0 aliphatic heterocycles. The number of fused-ring (bicyclic) bond motifs is 2.